The number of rotatable bonds is 11. The van der Waals surface area contributed by atoms with Crippen LogP contribution in [0.3, 0.4) is 0 Å². The predicted molar refractivity (Wildman–Crippen MR) is 149 cm³/mol. The number of nitrogens with zero attached hydrogens (tertiary/aromatic N) is 2. The van der Waals surface area contributed by atoms with Crippen LogP contribution in [0.5, 0.6) is 0 Å². The number of anilines is 1. The first-order valence-corrected chi connectivity index (χ1v) is 13.2. The number of carbonyl (C=O) groups excluding carboxylic acids is 2. The van der Waals surface area contributed by atoms with Crippen molar-refractivity contribution in [3.05, 3.63) is 125 Å². The summed E-state index contributed by atoms with van der Waals surface area (Å²) in [5, 5.41) is 0. The van der Waals surface area contributed by atoms with Crippen LogP contribution in [0.1, 0.15) is 29.0 Å². The molecular weight excluding hydrogens is 474 g/mol. The van der Waals surface area contributed by atoms with E-state index in [1.165, 1.54) is 16.8 Å². The number of aldehydes is 1. The SMILES string of the molecule is N[C@@H](Cc1ccccc1)C(=O)OCCN1C=C2C(C=C1C=O)c1ccccc1N2CCCc1ccccc1. The van der Waals surface area contributed by atoms with Crippen molar-refractivity contribution >= 4 is 17.9 Å². The van der Waals surface area contributed by atoms with Gasteiger partial charge in [-0.05, 0) is 48.1 Å². The van der Waals surface area contributed by atoms with Crippen molar-refractivity contribution in [2.24, 2.45) is 5.73 Å². The average molecular weight is 508 g/mol. The largest absolute Gasteiger partial charge is 0.463 e. The number of hydrogen-bond acceptors (Lipinski definition) is 6. The molecule has 0 aromatic heterocycles. The number of fused-ring (bicyclic) bond motifs is 3. The number of benzene rings is 3. The molecule has 2 aliphatic rings. The van der Waals surface area contributed by atoms with Crippen LogP contribution < -0.4 is 10.6 Å². The van der Waals surface area contributed by atoms with Crippen LogP contribution in [0.25, 0.3) is 0 Å². The molecule has 0 bridgehead atoms. The van der Waals surface area contributed by atoms with Crippen LogP contribution in [0.15, 0.2) is 109 Å². The van der Waals surface area contributed by atoms with Crippen molar-refractivity contribution < 1.29 is 14.3 Å². The molecule has 0 radical (unpaired) electrons. The minimum Gasteiger partial charge on any atom is -0.463 e. The van der Waals surface area contributed by atoms with Gasteiger partial charge in [-0.15, -0.1) is 0 Å². The summed E-state index contributed by atoms with van der Waals surface area (Å²) in [6.07, 6.45) is 7.34. The van der Waals surface area contributed by atoms with Gasteiger partial charge in [0.25, 0.3) is 0 Å². The van der Waals surface area contributed by atoms with Crippen molar-refractivity contribution in [2.75, 3.05) is 24.6 Å². The number of ether oxygens (including phenoxy) is 1. The van der Waals surface area contributed by atoms with Crippen LogP contribution in [-0.4, -0.2) is 42.9 Å². The molecule has 2 heterocycles. The smallest absolute Gasteiger partial charge is 0.323 e. The summed E-state index contributed by atoms with van der Waals surface area (Å²) < 4.78 is 5.49. The third-order valence-electron chi connectivity index (χ3n) is 7.14. The van der Waals surface area contributed by atoms with E-state index in [1.807, 2.05) is 59.6 Å². The van der Waals surface area contributed by atoms with E-state index in [1.54, 1.807) is 0 Å². The maximum Gasteiger partial charge on any atom is 0.323 e. The molecule has 38 heavy (non-hydrogen) atoms. The van der Waals surface area contributed by atoms with Crippen LogP contribution in [0.2, 0.25) is 0 Å². The Morgan fingerprint density at radius 3 is 2.34 bits per heavy atom. The molecule has 3 aromatic carbocycles. The Balaban J connectivity index is 1.25. The minimum absolute atomic E-state index is 0.0289. The number of allylic oxidation sites excluding steroid dienone is 2. The lowest BCUT2D eigenvalue weighted by molar-refractivity contribution is -0.145. The molecule has 3 aromatic rings. The molecule has 0 saturated carbocycles. The Labute approximate surface area is 224 Å². The van der Waals surface area contributed by atoms with E-state index >= 15 is 0 Å². The third-order valence-corrected chi connectivity index (χ3v) is 7.14. The van der Waals surface area contributed by atoms with Gasteiger partial charge in [0.1, 0.15) is 12.6 Å². The predicted octanol–water partition coefficient (Wildman–Crippen LogP) is 4.58. The number of aryl methyl sites for hydroxylation is 1. The van der Waals surface area contributed by atoms with E-state index in [-0.39, 0.29) is 12.5 Å². The molecule has 0 saturated heterocycles. The Kier molecular flexibility index (Phi) is 8.00. The van der Waals surface area contributed by atoms with E-state index in [2.05, 4.69) is 47.4 Å². The highest BCUT2D eigenvalue weighted by Crippen LogP contribution is 2.46. The molecule has 6 nitrogen and oxygen atoms in total. The molecule has 2 atom stereocenters. The molecule has 0 aliphatic carbocycles. The number of nitrogens with two attached hydrogens (primary N) is 1. The van der Waals surface area contributed by atoms with Gasteiger partial charge in [0.15, 0.2) is 6.29 Å². The van der Waals surface area contributed by atoms with E-state index in [0.29, 0.717) is 18.7 Å². The zero-order chi connectivity index (χ0) is 26.3. The number of para-hydroxylation sites is 1. The summed E-state index contributed by atoms with van der Waals surface area (Å²) in [4.78, 5) is 28.7. The lowest BCUT2D eigenvalue weighted by Gasteiger charge is -2.31. The summed E-state index contributed by atoms with van der Waals surface area (Å²) in [6.45, 7) is 1.39. The standard InChI is InChI=1S/C32H33N3O3/c33-29(20-25-12-5-2-6-13-25)32(37)38-19-18-34-22-31-28(21-26(34)23-36)27-15-7-8-16-30(27)35(31)17-9-14-24-10-3-1-4-11-24/h1-8,10-13,15-16,21-23,28-29H,9,14,17-20,33H2/t28?,29-/m0/s1. The van der Waals surface area contributed by atoms with Gasteiger partial charge in [0.05, 0.1) is 12.2 Å². The first-order valence-electron chi connectivity index (χ1n) is 13.2. The molecular formula is C32H33N3O3. The summed E-state index contributed by atoms with van der Waals surface area (Å²) >= 11 is 0. The zero-order valence-electron chi connectivity index (χ0n) is 21.4. The van der Waals surface area contributed by atoms with E-state index < -0.39 is 12.0 Å². The van der Waals surface area contributed by atoms with Crippen molar-refractivity contribution in [2.45, 2.75) is 31.2 Å². The summed E-state index contributed by atoms with van der Waals surface area (Å²) in [5.74, 6) is -0.412. The first-order chi connectivity index (χ1) is 18.6. The second-order valence-corrected chi connectivity index (χ2v) is 9.70. The van der Waals surface area contributed by atoms with Gasteiger partial charge in [-0.25, -0.2) is 0 Å². The third kappa shape index (κ3) is 5.71. The fourth-order valence-electron chi connectivity index (χ4n) is 5.23. The van der Waals surface area contributed by atoms with Crippen molar-refractivity contribution in [3.63, 3.8) is 0 Å². The summed E-state index contributed by atoms with van der Waals surface area (Å²) in [6, 6.07) is 27.8. The summed E-state index contributed by atoms with van der Waals surface area (Å²) in [5.41, 5.74) is 12.5. The van der Waals surface area contributed by atoms with Gasteiger partial charge in [-0.2, -0.15) is 0 Å². The van der Waals surface area contributed by atoms with Crippen LogP contribution in [0, 0.1) is 0 Å². The molecule has 2 N–H and O–H groups in total. The first kappa shape index (κ1) is 25.5. The highest BCUT2D eigenvalue weighted by Gasteiger charge is 2.35. The maximum atomic E-state index is 12.5. The Bertz CT molecular complexity index is 1320. The maximum absolute atomic E-state index is 12.5. The fourth-order valence-corrected chi connectivity index (χ4v) is 5.23. The fraction of sp³-hybridized carbons (Fsp3) is 0.250. The monoisotopic (exact) mass is 507 g/mol. The quantitative estimate of drug-likeness (QED) is 0.303. The zero-order valence-corrected chi connectivity index (χ0v) is 21.4. The van der Waals surface area contributed by atoms with E-state index in [0.717, 1.165) is 36.9 Å². The molecule has 194 valence electrons. The lowest BCUT2D eigenvalue weighted by atomic mass is 9.95. The van der Waals surface area contributed by atoms with Crippen LogP contribution in [0.4, 0.5) is 5.69 Å². The molecule has 6 heteroatoms. The van der Waals surface area contributed by atoms with Gasteiger partial charge in [-0.3, -0.25) is 9.59 Å². The van der Waals surface area contributed by atoms with Gasteiger partial charge >= 0.3 is 5.97 Å². The van der Waals surface area contributed by atoms with Crippen molar-refractivity contribution in [1.82, 2.24) is 4.90 Å². The lowest BCUT2D eigenvalue weighted by Crippen LogP contribution is -2.36. The Hall–Kier alpha value is -4.16. The van der Waals surface area contributed by atoms with Gasteiger partial charge < -0.3 is 20.3 Å². The molecule has 0 fully saturated rings. The van der Waals surface area contributed by atoms with Crippen molar-refractivity contribution in [3.8, 4) is 0 Å². The number of esters is 1. The highest BCUT2D eigenvalue weighted by molar-refractivity contribution is 5.78. The van der Waals surface area contributed by atoms with Gasteiger partial charge in [-0.1, -0.05) is 78.9 Å². The second-order valence-electron chi connectivity index (χ2n) is 9.70. The topological polar surface area (TPSA) is 75.9 Å². The number of hydrogen-bond donors (Lipinski definition) is 1. The van der Waals surface area contributed by atoms with Gasteiger partial charge in [0.2, 0.25) is 0 Å². The second kappa shape index (κ2) is 11.9. The minimum atomic E-state index is -0.730. The van der Waals surface area contributed by atoms with Crippen LogP contribution in [-0.2, 0) is 27.2 Å². The Morgan fingerprint density at radius 2 is 1.61 bits per heavy atom. The Morgan fingerprint density at radius 1 is 0.921 bits per heavy atom. The molecule has 2 aliphatic heterocycles. The normalized spacial score (nSPS) is 16.7. The summed E-state index contributed by atoms with van der Waals surface area (Å²) in [7, 11) is 0. The van der Waals surface area contributed by atoms with Crippen molar-refractivity contribution in [1.29, 1.82) is 0 Å². The highest BCUT2D eigenvalue weighted by atomic mass is 16.5. The molecule has 1 unspecified atom stereocenters. The van der Waals surface area contributed by atoms with E-state index in [9.17, 15) is 9.59 Å². The van der Waals surface area contributed by atoms with Gasteiger partial charge in [0, 0.05) is 30.0 Å². The molecule has 5 rings (SSSR count). The number of carbonyl (C=O) groups is 2. The average Bonchev–Trinajstić information content (AvgIpc) is 3.26. The van der Waals surface area contributed by atoms with E-state index in [4.69, 9.17) is 10.5 Å². The molecule has 0 spiro atoms. The molecule has 0 amide bonds. The van der Waals surface area contributed by atoms with Crippen LogP contribution >= 0.6 is 0 Å².